The second kappa shape index (κ2) is 8.37. The Bertz CT molecular complexity index is 1240. The highest BCUT2D eigenvalue weighted by atomic mass is 35.5. The number of ketones is 1. The summed E-state index contributed by atoms with van der Waals surface area (Å²) in [5, 5.41) is 0.487. The van der Waals surface area contributed by atoms with Gasteiger partial charge in [0.2, 0.25) is 0 Å². The van der Waals surface area contributed by atoms with Crippen molar-refractivity contribution in [1.29, 1.82) is 0 Å². The third-order valence-corrected chi connectivity index (χ3v) is 5.38. The Morgan fingerprint density at radius 1 is 0.871 bits per heavy atom. The maximum Gasteiger partial charge on any atom is 0.338 e. The summed E-state index contributed by atoms with van der Waals surface area (Å²) >= 11 is 10.1. The molecule has 0 spiro atoms. The maximum atomic E-state index is 12.9. The second-order valence-electron chi connectivity index (χ2n) is 6.70. The van der Waals surface area contributed by atoms with Crippen molar-refractivity contribution in [2.75, 3.05) is 11.5 Å². The molecule has 0 aromatic heterocycles. The number of imide groups is 1. The quantitative estimate of drug-likeness (QED) is 0.268. The van der Waals surface area contributed by atoms with Gasteiger partial charge in [-0.1, -0.05) is 23.7 Å². The molecule has 0 bridgehead atoms. The highest BCUT2D eigenvalue weighted by molar-refractivity contribution is 7.80. The molecular formula is C23H14ClNO5S. The van der Waals surface area contributed by atoms with Gasteiger partial charge in [0, 0.05) is 15.5 Å². The molecule has 0 aliphatic carbocycles. The van der Waals surface area contributed by atoms with Crippen molar-refractivity contribution in [2.45, 2.75) is 4.90 Å². The summed E-state index contributed by atoms with van der Waals surface area (Å²) in [6.45, 7) is -0.469. The molecule has 2 amide bonds. The molecule has 3 aromatic carbocycles. The number of hydrogen-bond acceptors (Lipinski definition) is 6. The van der Waals surface area contributed by atoms with E-state index in [1.807, 2.05) is 0 Å². The van der Waals surface area contributed by atoms with Crippen LogP contribution >= 0.6 is 24.2 Å². The Hall–Kier alpha value is -3.42. The summed E-state index contributed by atoms with van der Waals surface area (Å²) in [5.41, 5.74) is 1.03. The van der Waals surface area contributed by atoms with E-state index in [0.29, 0.717) is 21.2 Å². The highest BCUT2D eigenvalue weighted by Crippen LogP contribution is 2.32. The summed E-state index contributed by atoms with van der Waals surface area (Å²) < 4.78 is 5.08. The summed E-state index contributed by atoms with van der Waals surface area (Å²) in [4.78, 5) is 51.7. The Kier molecular flexibility index (Phi) is 5.63. The van der Waals surface area contributed by atoms with E-state index in [1.165, 1.54) is 30.3 Å². The van der Waals surface area contributed by atoms with Crippen LogP contribution in [0.2, 0.25) is 5.02 Å². The normalized spacial score (nSPS) is 12.6. The largest absolute Gasteiger partial charge is 0.454 e. The first-order chi connectivity index (χ1) is 14.9. The van der Waals surface area contributed by atoms with Crippen molar-refractivity contribution >= 4 is 53.5 Å². The van der Waals surface area contributed by atoms with Gasteiger partial charge in [0.1, 0.15) is 0 Å². The topological polar surface area (TPSA) is 80.8 Å². The predicted molar refractivity (Wildman–Crippen MR) is 117 cm³/mol. The zero-order valence-electron chi connectivity index (χ0n) is 15.9. The number of ether oxygens (including phenoxy) is 1. The SMILES string of the molecule is O=C(COC(=O)c1ccc2c(c1)C(=O)N(c1ccccc1S)C2=O)c1ccc(Cl)cc1. The van der Waals surface area contributed by atoms with E-state index in [-0.39, 0.29) is 16.7 Å². The number of carbonyl (C=O) groups is 4. The van der Waals surface area contributed by atoms with Crippen molar-refractivity contribution in [2.24, 2.45) is 0 Å². The summed E-state index contributed by atoms with van der Waals surface area (Å²) in [5.74, 6) is -2.24. The van der Waals surface area contributed by atoms with Crippen LogP contribution in [0.3, 0.4) is 0 Å². The number of rotatable bonds is 5. The van der Waals surface area contributed by atoms with Gasteiger partial charge >= 0.3 is 5.97 Å². The first-order valence-electron chi connectivity index (χ1n) is 9.13. The minimum atomic E-state index is -0.779. The number of amides is 2. The van der Waals surface area contributed by atoms with Gasteiger partial charge in [-0.3, -0.25) is 14.4 Å². The molecule has 0 saturated carbocycles. The molecule has 0 fully saturated rings. The minimum Gasteiger partial charge on any atom is -0.454 e. The van der Waals surface area contributed by atoms with E-state index in [1.54, 1.807) is 36.4 Å². The number of fused-ring (bicyclic) bond motifs is 1. The van der Waals surface area contributed by atoms with E-state index < -0.39 is 30.2 Å². The fourth-order valence-electron chi connectivity index (χ4n) is 3.17. The van der Waals surface area contributed by atoms with Gasteiger partial charge in [-0.25, -0.2) is 9.69 Å². The van der Waals surface area contributed by atoms with Gasteiger partial charge in [-0.15, -0.1) is 12.6 Å². The van der Waals surface area contributed by atoms with Gasteiger partial charge in [0.25, 0.3) is 11.8 Å². The van der Waals surface area contributed by atoms with Crippen LogP contribution in [0.4, 0.5) is 5.69 Å². The van der Waals surface area contributed by atoms with E-state index >= 15 is 0 Å². The first kappa shape index (κ1) is 20.8. The Labute approximate surface area is 187 Å². The number of thiol groups is 1. The molecular weight excluding hydrogens is 438 g/mol. The van der Waals surface area contributed by atoms with Gasteiger partial charge in [0.05, 0.1) is 22.4 Å². The van der Waals surface area contributed by atoms with E-state index in [2.05, 4.69) is 12.6 Å². The standard InChI is InChI=1S/C23H14ClNO5S/c24-15-8-5-13(6-9-15)19(26)12-30-23(29)14-7-10-16-17(11-14)22(28)25(21(16)27)18-3-1-2-4-20(18)31/h1-11,31H,12H2. The predicted octanol–water partition coefficient (Wildman–Crippen LogP) is 4.47. The monoisotopic (exact) mass is 451 g/mol. The number of halogens is 1. The third-order valence-electron chi connectivity index (χ3n) is 4.75. The molecule has 31 heavy (non-hydrogen) atoms. The second-order valence-corrected chi connectivity index (χ2v) is 7.62. The number of anilines is 1. The molecule has 0 N–H and O–H groups in total. The molecule has 6 nitrogen and oxygen atoms in total. The highest BCUT2D eigenvalue weighted by Gasteiger charge is 2.38. The fourth-order valence-corrected chi connectivity index (χ4v) is 3.56. The van der Waals surface area contributed by atoms with Gasteiger partial charge in [0.15, 0.2) is 12.4 Å². The van der Waals surface area contributed by atoms with Crippen LogP contribution in [0, 0.1) is 0 Å². The van der Waals surface area contributed by atoms with Crippen LogP contribution in [-0.2, 0) is 4.74 Å². The maximum absolute atomic E-state index is 12.9. The number of benzene rings is 3. The Balaban J connectivity index is 1.52. The van der Waals surface area contributed by atoms with E-state index in [0.717, 1.165) is 4.90 Å². The molecule has 8 heteroatoms. The van der Waals surface area contributed by atoms with Gasteiger partial charge in [-0.05, 0) is 54.6 Å². The number of hydrogen-bond donors (Lipinski definition) is 1. The number of para-hydroxylation sites is 1. The molecule has 0 radical (unpaired) electrons. The van der Waals surface area contributed by atoms with Crippen LogP contribution in [0.1, 0.15) is 41.4 Å². The van der Waals surface area contributed by atoms with E-state index in [4.69, 9.17) is 16.3 Å². The zero-order valence-corrected chi connectivity index (χ0v) is 17.5. The van der Waals surface area contributed by atoms with Crippen molar-refractivity contribution in [3.63, 3.8) is 0 Å². The van der Waals surface area contributed by atoms with Gasteiger partial charge in [-0.2, -0.15) is 0 Å². The molecule has 154 valence electrons. The molecule has 0 unspecified atom stereocenters. The number of Topliss-reactive ketones (excluding diaryl/α,β-unsaturated/α-hetero) is 1. The summed E-state index contributed by atoms with van der Waals surface area (Å²) in [7, 11) is 0. The smallest absolute Gasteiger partial charge is 0.338 e. The summed E-state index contributed by atoms with van der Waals surface area (Å²) in [6.07, 6.45) is 0. The van der Waals surface area contributed by atoms with Crippen molar-refractivity contribution in [3.8, 4) is 0 Å². The lowest BCUT2D eigenvalue weighted by atomic mass is 10.1. The fraction of sp³-hybridized carbons (Fsp3) is 0.0435. The first-order valence-corrected chi connectivity index (χ1v) is 9.96. The number of esters is 1. The summed E-state index contributed by atoms with van der Waals surface area (Å²) in [6, 6.07) is 17.0. The average molecular weight is 452 g/mol. The van der Waals surface area contributed by atoms with Crippen LogP contribution in [-0.4, -0.2) is 30.2 Å². The van der Waals surface area contributed by atoms with Crippen LogP contribution in [0.5, 0.6) is 0 Å². The molecule has 1 aliphatic heterocycles. The lowest BCUT2D eigenvalue weighted by Crippen LogP contribution is -2.29. The van der Waals surface area contributed by atoms with Crippen LogP contribution < -0.4 is 4.90 Å². The van der Waals surface area contributed by atoms with Crippen LogP contribution in [0.15, 0.2) is 71.6 Å². The molecule has 1 heterocycles. The molecule has 3 aromatic rings. The lowest BCUT2D eigenvalue weighted by Gasteiger charge is -2.15. The minimum absolute atomic E-state index is 0.0600. The van der Waals surface area contributed by atoms with Crippen molar-refractivity contribution in [3.05, 3.63) is 94.0 Å². The van der Waals surface area contributed by atoms with E-state index in [9.17, 15) is 19.2 Å². The lowest BCUT2D eigenvalue weighted by molar-refractivity contribution is 0.0474. The third kappa shape index (κ3) is 3.97. The van der Waals surface area contributed by atoms with Gasteiger partial charge < -0.3 is 4.74 Å². The molecule has 4 rings (SSSR count). The average Bonchev–Trinajstić information content (AvgIpc) is 3.02. The Morgan fingerprint density at radius 3 is 2.23 bits per heavy atom. The number of nitrogens with zero attached hydrogens (tertiary/aromatic N) is 1. The van der Waals surface area contributed by atoms with Crippen molar-refractivity contribution < 1.29 is 23.9 Å². The molecule has 0 atom stereocenters. The number of carbonyl (C=O) groups excluding carboxylic acids is 4. The van der Waals surface area contributed by atoms with Crippen molar-refractivity contribution in [1.82, 2.24) is 0 Å². The molecule has 0 saturated heterocycles. The zero-order chi connectivity index (χ0) is 22.1. The molecule has 1 aliphatic rings. The Morgan fingerprint density at radius 2 is 1.52 bits per heavy atom. The van der Waals surface area contributed by atoms with Crippen LogP contribution in [0.25, 0.3) is 0 Å².